The van der Waals surface area contributed by atoms with Crippen LogP contribution < -0.4 is 0 Å². The zero-order valence-corrected chi connectivity index (χ0v) is 7.71. The van der Waals surface area contributed by atoms with Crippen molar-refractivity contribution in [1.29, 1.82) is 0 Å². The number of rotatable bonds is 2. The first-order valence-corrected chi connectivity index (χ1v) is 3.80. The Morgan fingerprint density at radius 1 is 1.47 bits per heavy atom. The van der Waals surface area contributed by atoms with Crippen molar-refractivity contribution in [3.63, 3.8) is 0 Å². The molecule has 7 heteroatoms. The zero-order chi connectivity index (χ0) is 11.4. The molecule has 1 aromatic carbocycles. The van der Waals surface area contributed by atoms with Gasteiger partial charge in [-0.15, -0.1) is 0 Å². The summed E-state index contributed by atoms with van der Waals surface area (Å²) < 4.78 is 4.37. The topological polar surface area (TPSA) is 116 Å². The molecule has 0 atom stereocenters. The SMILES string of the molecule is COC(=O)c1c(O)ccc(O)c1N=[N+]=[N-]. The van der Waals surface area contributed by atoms with Gasteiger partial charge in [0.15, 0.2) is 0 Å². The zero-order valence-electron chi connectivity index (χ0n) is 7.71. The van der Waals surface area contributed by atoms with Gasteiger partial charge in [-0.3, -0.25) is 0 Å². The second-order valence-corrected chi connectivity index (χ2v) is 2.51. The van der Waals surface area contributed by atoms with Gasteiger partial charge in [-0.25, -0.2) is 4.79 Å². The number of hydrogen-bond acceptors (Lipinski definition) is 5. The molecule has 0 aliphatic rings. The Balaban J connectivity index is 3.51. The van der Waals surface area contributed by atoms with E-state index in [4.69, 9.17) is 5.53 Å². The molecule has 1 aromatic rings. The van der Waals surface area contributed by atoms with Gasteiger partial charge in [-0.2, -0.15) is 0 Å². The Morgan fingerprint density at radius 2 is 2.07 bits per heavy atom. The first-order valence-electron chi connectivity index (χ1n) is 3.80. The van der Waals surface area contributed by atoms with Crippen molar-refractivity contribution < 1.29 is 19.7 Å². The third kappa shape index (κ3) is 1.92. The highest BCUT2D eigenvalue weighted by atomic mass is 16.5. The molecule has 2 N–H and O–H groups in total. The van der Waals surface area contributed by atoms with Crippen molar-refractivity contribution in [2.75, 3.05) is 7.11 Å². The Kier molecular flexibility index (Phi) is 3.00. The van der Waals surface area contributed by atoms with Crippen molar-refractivity contribution >= 4 is 11.7 Å². The van der Waals surface area contributed by atoms with Crippen molar-refractivity contribution in [3.8, 4) is 11.5 Å². The van der Waals surface area contributed by atoms with Gasteiger partial charge < -0.3 is 14.9 Å². The number of carbonyl (C=O) groups is 1. The minimum atomic E-state index is -0.897. The fourth-order valence-electron chi connectivity index (χ4n) is 1.02. The number of benzene rings is 1. The van der Waals surface area contributed by atoms with Crippen molar-refractivity contribution in [1.82, 2.24) is 0 Å². The van der Waals surface area contributed by atoms with E-state index in [-0.39, 0.29) is 11.3 Å². The molecule has 1 rings (SSSR count). The molecule has 7 nitrogen and oxygen atoms in total. The summed E-state index contributed by atoms with van der Waals surface area (Å²) in [4.78, 5) is 13.6. The van der Waals surface area contributed by atoms with E-state index < -0.39 is 17.5 Å². The molecule has 0 spiro atoms. The lowest BCUT2D eigenvalue weighted by Gasteiger charge is -2.06. The summed E-state index contributed by atoms with van der Waals surface area (Å²) in [6.45, 7) is 0. The normalized spacial score (nSPS) is 9.13. The Bertz CT molecular complexity index is 451. The van der Waals surface area contributed by atoms with Crippen LogP contribution in [0.2, 0.25) is 0 Å². The third-order valence-electron chi connectivity index (χ3n) is 1.67. The van der Waals surface area contributed by atoms with E-state index in [2.05, 4.69) is 14.8 Å². The number of carbonyl (C=O) groups excluding carboxylic acids is 1. The van der Waals surface area contributed by atoms with Gasteiger partial charge in [0.1, 0.15) is 17.1 Å². The molecule has 0 fully saturated rings. The average molecular weight is 209 g/mol. The van der Waals surface area contributed by atoms with Gasteiger partial charge in [0.05, 0.1) is 12.8 Å². The first-order chi connectivity index (χ1) is 7.11. The van der Waals surface area contributed by atoms with Gasteiger partial charge in [-0.1, -0.05) is 5.11 Å². The molecule has 0 heterocycles. The Morgan fingerprint density at radius 3 is 2.60 bits per heavy atom. The molecule has 0 unspecified atom stereocenters. The summed E-state index contributed by atoms with van der Waals surface area (Å²) in [5, 5.41) is 21.8. The maximum Gasteiger partial charge on any atom is 0.342 e. The number of methoxy groups -OCH3 is 1. The molecule has 0 aromatic heterocycles. The number of phenols is 2. The van der Waals surface area contributed by atoms with Crippen molar-refractivity contribution in [2.45, 2.75) is 0 Å². The van der Waals surface area contributed by atoms with E-state index >= 15 is 0 Å². The second-order valence-electron chi connectivity index (χ2n) is 2.51. The largest absolute Gasteiger partial charge is 0.507 e. The minimum absolute atomic E-state index is 0.357. The quantitative estimate of drug-likeness (QED) is 0.254. The summed E-state index contributed by atoms with van der Waals surface area (Å²) in [6, 6.07) is 2.20. The summed E-state index contributed by atoms with van der Waals surface area (Å²) in [5.41, 5.74) is 7.50. The third-order valence-corrected chi connectivity index (χ3v) is 1.67. The molecular formula is C8H7N3O4. The molecule has 0 amide bonds. The van der Waals surface area contributed by atoms with Crippen LogP contribution in [0.1, 0.15) is 10.4 Å². The maximum atomic E-state index is 11.2. The van der Waals surface area contributed by atoms with Crippen LogP contribution in [0, 0.1) is 0 Å². The number of nitrogens with zero attached hydrogens (tertiary/aromatic N) is 3. The Labute approximate surface area is 84.2 Å². The fraction of sp³-hybridized carbons (Fsp3) is 0.125. The van der Waals surface area contributed by atoms with Crippen LogP contribution in [0.25, 0.3) is 10.4 Å². The fourth-order valence-corrected chi connectivity index (χ4v) is 1.02. The van der Waals surface area contributed by atoms with Crippen LogP contribution in [0.5, 0.6) is 11.5 Å². The molecule has 0 aliphatic carbocycles. The summed E-state index contributed by atoms with van der Waals surface area (Å²) >= 11 is 0. The smallest absolute Gasteiger partial charge is 0.342 e. The van der Waals surface area contributed by atoms with Gasteiger partial charge in [0.2, 0.25) is 0 Å². The van der Waals surface area contributed by atoms with Gasteiger partial charge in [0, 0.05) is 4.91 Å². The van der Waals surface area contributed by atoms with Gasteiger partial charge in [0.25, 0.3) is 0 Å². The molecule has 0 bridgehead atoms. The molecular weight excluding hydrogens is 202 g/mol. The van der Waals surface area contributed by atoms with E-state index in [0.717, 1.165) is 19.2 Å². The van der Waals surface area contributed by atoms with E-state index in [0.29, 0.717) is 0 Å². The number of ether oxygens (including phenoxy) is 1. The number of aromatic hydroxyl groups is 2. The number of hydrogen-bond donors (Lipinski definition) is 2. The van der Waals surface area contributed by atoms with Gasteiger partial charge in [-0.05, 0) is 17.7 Å². The van der Waals surface area contributed by atoms with Crippen LogP contribution in [0.3, 0.4) is 0 Å². The predicted molar refractivity (Wildman–Crippen MR) is 49.9 cm³/mol. The molecule has 0 saturated carbocycles. The maximum absolute atomic E-state index is 11.2. The highest BCUT2D eigenvalue weighted by molar-refractivity contribution is 5.99. The van der Waals surface area contributed by atoms with E-state index in [1.54, 1.807) is 0 Å². The van der Waals surface area contributed by atoms with Crippen LogP contribution in [0.15, 0.2) is 17.2 Å². The van der Waals surface area contributed by atoms with Crippen molar-refractivity contribution in [3.05, 3.63) is 28.1 Å². The molecule has 0 saturated heterocycles. The predicted octanol–water partition coefficient (Wildman–Crippen LogP) is 1.83. The summed E-state index contributed by atoms with van der Waals surface area (Å²) in [6.07, 6.45) is 0. The first kappa shape index (κ1) is 10.7. The lowest BCUT2D eigenvalue weighted by Crippen LogP contribution is -2.01. The number of azide groups is 1. The molecule has 78 valence electrons. The van der Waals surface area contributed by atoms with Crippen LogP contribution in [-0.2, 0) is 4.74 Å². The second kappa shape index (κ2) is 4.21. The molecule has 15 heavy (non-hydrogen) atoms. The van der Waals surface area contributed by atoms with E-state index in [9.17, 15) is 15.0 Å². The van der Waals surface area contributed by atoms with Crippen LogP contribution in [0.4, 0.5) is 5.69 Å². The van der Waals surface area contributed by atoms with E-state index in [1.165, 1.54) is 0 Å². The lowest BCUT2D eigenvalue weighted by molar-refractivity contribution is 0.0598. The minimum Gasteiger partial charge on any atom is -0.507 e. The summed E-state index contributed by atoms with van der Waals surface area (Å²) in [7, 11) is 1.10. The summed E-state index contributed by atoms with van der Waals surface area (Å²) in [5.74, 6) is -1.74. The highest BCUT2D eigenvalue weighted by Gasteiger charge is 2.19. The van der Waals surface area contributed by atoms with Crippen molar-refractivity contribution in [2.24, 2.45) is 5.11 Å². The molecule has 0 radical (unpaired) electrons. The lowest BCUT2D eigenvalue weighted by atomic mass is 10.1. The van der Waals surface area contributed by atoms with Crippen LogP contribution in [-0.4, -0.2) is 23.3 Å². The van der Waals surface area contributed by atoms with Crippen LogP contribution >= 0.6 is 0 Å². The average Bonchev–Trinajstić information content (AvgIpc) is 2.23. The molecule has 0 aliphatic heterocycles. The number of esters is 1. The Hall–Kier alpha value is -2.40. The highest BCUT2D eigenvalue weighted by Crippen LogP contribution is 2.36. The monoisotopic (exact) mass is 209 g/mol. The van der Waals surface area contributed by atoms with Gasteiger partial charge >= 0.3 is 5.97 Å². The number of phenolic OH excluding ortho intramolecular Hbond substituents is 2. The standard InChI is InChI=1S/C8H7N3O4/c1-15-8(14)6-4(12)2-3-5(13)7(6)10-11-9/h2-3,12-13H,1H3. The van der Waals surface area contributed by atoms with E-state index in [1.807, 2.05) is 0 Å².